The van der Waals surface area contributed by atoms with Crippen LogP contribution in [-0.2, 0) is 9.53 Å². The van der Waals surface area contributed by atoms with Crippen LogP contribution in [0.5, 0.6) is 0 Å². The minimum atomic E-state index is -0.371. The van der Waals surface area contributed by atoms with Gasteiger partial charge in [-0.05, 0) is 13.8 Å². The van der Waals surface area contributed by atoms with Crippen LogP contribution in [0, 0.1) is 0 Å². The summed E-state index contributed by atoms with van der Waals surface area (Å²) < 4.78 is 6.18. The van der Waals surface area contributed by atoms with Gasteiger partial charge in [0.1, 0.15) is 0 Å². The van der Waals surface area contributed by atoms with Crippen LogP contribution < -0.4 is 0 Å². The summed E-state index contributed by atoms with van der Waals surface area (Å²) in [5, 5.41) is 4.06. The molecule has 0 amide bonds. The van der Waals surface area contributed by atoms with Crippen LogP contribution in [0.15, 0.2) is 12.4 Å². The molecule has 5 nitrogen and oxygen atoms in total. The molecule has 0 spiro atoms. The Labute approximate surface area is 94.4 Å². The minimum Gasteiger partial charge on any atom is -0.469 e. The van der Waals surface area contributed by atoms with Crippen molar-refractivity contribution in [1.29, 1.82) is 0 Å². The van der Waals surface area contributed by atoms with E-state index >= 15 is 0 Å². The molecular weight excluding hydrogens is 208 g/mol. The smallest absolute Gasteiger partial charge is 0.305 e. The van der Waals surface area contributed by atoms with E-state index in [1.54, 1.807) is 10.9 Å². The summed E-state index contributed by atoms with van der Waals surface area (Å²) in [6, 6.07) is 0.224. The number of hydrogen-bond donors (Lipinski definition) is 0. The molecule has 0 unspecified atom stereocenters. The number of hydrogen-bond acceptors (Lipinski definition) is 4. The lowest BCUT2D eigenvalue weighted by Gasteiger charge is -2.02. The van der Waals surface area contributed by atoms with Crippen LogP contribution in [0.4, 0.5) is 0 Å². The van der Waals surface area contributed by atoms with E-state index in [0.717, 1.165) is 0 Å². The molecule has 1 aromatic rings. The molecule has 0 bridgehead atoms. The van der Waals surface area contributed by atoms with Gasteiger partial charge in [-0.2, -0.15) is 5.10 Å². The molecule has 16 heavy (non-hydrogen) atoms. The molecule has 0 saturated carbocycles. The lowest BCUT2D eigenvalue weighted by Crippen LogP contribution is -2.05. The Morgan fingerprint density at radius 1 is 1.44 bits per heavy atom. The molecule has 0 aliphatic heterocycles. The fraction of sp³-hybridized carbons (Fsp3) is 0.545. The summed E-state index contributed by atoms with van der Waals surface area (Å²) in [6.07, 6.45) is 3.50. The molecular formula is C11H16N2O3. The maximum Gasteiger partial charge on any atom is 0.305 e. The average Bonchev–Trinajstić information content (AvgIpc) is 2.74. The van der Waals surface area contributed by atoms with Gasteiger partial charge in [-0.15, -0.1) is 0 Å². The third kappa shape index (κ3) is 3.18. The molecule has 0 atom stereocenters. The van der Waals surface area contributed by atoms with Crippen molar-refractivity contribution in [3.05, 3.63) is 18.0 Å². The van der Waals surface area contributed by atoms with E-state index in [4.69, 9.17) is 0 Å². The van der Waals surface area contributed by atoms with Crippen molar-refractivity contribution in [3.8, 4) is 0 Å². The van der Waals surface area contributed by atoms with Crippen molar-refractivity contribution in [2.75, 3.05) is 7.11 Å². The Balaban J connectivity index is 2.56. The van der Waals surface area contributed by atoms with Crippen LogP contribution in [-0.4, -0.2) is 28.6 Å². The first-order valence-corrected chi connectivity index (χ1v) is 5.18. The molecule has 0 fully saturated rings. The van der Waals surface area contributed by atoms with Gasteiger partial charge in [0.15, 0.2) is 5.78 Å². The van der Waals surface area contributed by atoms with Crippen molar-refractivity contribution in [3.63, 3.8) is 0 Å². The molecule has 88 valence electrons. The number of aromatic nitrogens is 2. The Hall–Kier alpha value is -1.65. The number of carbonyl (C=O) groups excluding carboxylic acids is 2. The van der Waals surface area contributed by atoms with E-state index in [-0.39, 0.29) is 30.6 Å². The average molecular weight is 224 g/mol. The first-order valence-electron chi connectivity index (χ1n) is 5.18. The zero-order valence-electron chi connectivity index (χ0n) is 9.77. The van der Waals surface area contributed by atoms with Gasteiger partial charge in [0.25, 0.3) is 0 Å². The highest BCUT2D eigenvalue weighted by atomic mass is 16.5. The van der Waals surface area contributed by atoms with E-state index in [1.807, 2.05) is 13.8 Å². The highest BCUT2D eigenvalue weighted by molar-refractivity contribution is 5.97. The molecule has 0 N–H and O–H groups in total. The van der Waals surface area contributed by atoms with Gasteiger partial charge in [0.05, 0.1) is 25.3 Å². The van der Waals surface area contributed by atoms with Crippen LogP contribution in [0.1, 0.15) is 43.1 Å². The number of nitrogens with zero attached hydrogens (tertiary/aromatic N) is 2. The van der Waals surface area contributed by atoms with Crippen molar-refractivity contribution in [2.24, 2.45) is 0 Å². The van der Waals surface area contributed by atoms with Gasteiger partial charge in [0.2, 0.25) is 0 Å². The van der Waals surface area contributed by atoms with Crippen molar-refractivity contribution >= 4 is 11.8 Å². The number of esters is 1. The standard InChI is InChI=1S/C11H16N2O3/c1-8(2)13-7-9(6-12-13)10(14)4-5-11(15)16-3/h6-8H,4-5H2,1-3H3. The molecule has 0 saturated heterocycles. The largest absolute Gasteiger partial charge is 0.469 e. The van der Waals surface area contributed by atoms with Crippen molar-refractivity contribution in [2.45, 2.75) is 32.7 Å². The fourth-order valence-electron chi connectivity index (χ4n) is 1.23. The van der Waals surface area contributed by atoms with E-state index in [0.29, 0.717) is 5.56 Å². The SMILES string of the molecule is COC(=O)CCC(=O)c1cnn(C(C)C)c1. The van der Waals surface area contributed by atoms with Gasteiger partial charge in [0, 0.05) is 18.7 Å². The summed E-state index contributed by atoms with van der Waals surface area (Å²) >= 11 is 0. The van der Waals surface area contributed by atoms with Crippen LogP contribution in [0.3, 0.4) is 0 Å². The number of rotatable bonds is 5. The maximum absolute atomic E-state index is 11.6. The fourth-order valence-corrected chi connectivity index (χ4v) is 1.23. The zero-order chi connectivity index (χ0) is 12.1. The molecule has 0 aliphatic carbocycles. The normalized spacial score (nSPS) is 10.5. The Morgan fingerprint density at radius 2 is 2.12 bits per heavy atom. The van der Waals surface area contributed by atoms with Gasteiger partial charge >= 0.3 is 5.97 Å². The molecule has 0 aliphatic rings. The first-order chi connectivity index (χ1) is 7.54. The summed E-state index contributed by atoms with van der Waals surface area (Å²) in [4.78, 5) is 22.5. The van der Waals surface area contributed by atoms with Crippen LogP contribution in [0.2, 0.25) is 0 Å². The van der Waals surface area contributed by atoms with Crippen LogP contribution >= 0.6 is 0 Å². The third-order valence-corrected chi connectivity index (χ3v) is 2.24. The molecule has 5 heteroatoms. The van der Waals surface area contributed by atoms with E-state index in [9.17, 15) is 9.59 Å². The third-order valence-electron chi connectivity index (χ3n) is 2.24. The van der Waals surface area contributed by atoms with Gasteiger partial charge in [-0.3, -0.25) is 14.3 Å². The molecule has 0 radical (unpaired) electrons. The summed E-state index contributed by atoms with van der Waals surface area (Å²) in [7, 11) is 1.31. The second-order valence-electron chi connectivity index (χ2n) is 3.80. The zero-order valence-corrected chi connectivity index (χ0v) is 9.77. The Kier molecular flexibility index (Phi) is 4.22. The van der Waals surface area contributed by atoms with Crippen molar-refractivity contribution in [1.82, 2.24) is 9.78 Å². The van der Waals surface area contributed by atoms with Crippen LogP contribution in [0.25, 0.3) is 0 Å². The van der Waals surface area contributed by atoms with Gasteiger partial charge in [-0.25, -0.2) is 0 Å². The highest BCUT2D eigenvalue weighted by Gasteiger charge is 2.12. The molecule has 1 rings (SSSR count). The number of methoxy groups -OCH3 is 1. The van der Waals surface area contributed by atoms with Gasteiger partial charge < -0.3 is 4.74 Å². The topological polar surface area (TPSA) is 61.2 Å². The number of Topliss-reactive ketones (excluding diaryl/α,β-unsaturated/α-hetero) is 1. The summed E-state index contributed by atoms with van der Waals surface area (Å²) in [5.74, 6) is -0.457. The number of ether oxygens (including phenoxy) is 1. The monoisotopic (exact) mass is 224 g/mol. The minimum absolute atomic E-state index is 0.0858. The lowest BCUT2D eigenvalue weighted by atomic mass is 10.1. The summed E-state index contributed by atoms with van der Waals surface area (Å²) in [6.45, 7) is 3.96. The maximum atomic E-state index is 11.6. The number of carbonyl (C=O) groups is 2. The first kappa shape index (κ1) is 12.4. The number of ketones is 1. The lowest BCUT2D eigenvalue weighted by molar-refractivity contribution is -0.140. The molecule has 0 aromatic carbocycles. The van der Waals surface area contributed by atoms with E-state index in [1.165, 1.54) is 13.3 Å². The predicted molar refractivity (Wildman–Crippen MR) is 58.2 cm³/mol. The highest BCUT2D eigenvalue weighted by Crippen LogP contribution is 2.08. The summed E-state index contributed by atoms with van der Waals surface area (Å²) in [5.41, 5.74) is 0.539. The second-order valence-corrected chi connectivity index (χ2v) is 3.80. The Morgan fingerprint density at radius 3 is 2.62 bits per heavy atom. The molecule has 1 heterocycles. The second kappa shape index (κ2) is 5.44. The van der Waals surface area contributed by atoms with Gasteiger partial charge in [-0.1, -0.05) is 0 Å². The van der Waals surface area contributed by atoms with E-state index in [2.05, 4.69) is 9.84 Å². The Bertz CT molecular complexity index is 382. The quantitative estimate of drug-likeness (QED) is 0.563. The van der Waals surface area contributed by atoms with E-state index < -0.39 is 0 Å². The predicted octanol–water partition coefficient (Wildman–Crippen LogP) is 1.60. The van der Waals surface area contributed by atoms with Crippen molar-refractivity contribution < 1.29 is 14.3 Å². The molecule has 1 aromatic heterocycles.